The minimum Gasteiger partial charge on any atom is -0.258 e. The smallest absolute Gasteiger partial charge is 0.240 e. The Hall–Kier alpha value is -3.81. The molecular weight excluding hydrogens is 473 g/mol. The highest BCUT2D eigenvalue weighted by molar-refractivity contribution is 7.89. The molecule has 4 aromatic carbocycles. The summed E-state index contributed by atoms with van der Waals surface area (Å²) in [6, 6.07) is 32.0. The van der Waals surface area contributed by atoms with Gasteiger partial charge in [-0.25, -0.2) is 17.5 Å². The fourth-order valence-electron chi connectivity index (χ4n) is 3.82. The molecule has 0 heterocycles. The van der Waals surface area contributed by atoms with E-state index in [0.29, 0.717) is 12.1 Å². The number of hydrazone groups is 1. The number of sulfonamides is 1. The molecule has 1 atom stereocenters. The molecule has 0 aromatic heterocycles. The van der Waals surface area contributed by atoms with Crippen LogP contribution in [0.2, 0.25) is 0 Å². The van der Waals surface area contributed by atoms with Gasteiger partial charge < -0.3 is 0 Å². The van der Waals surface area contributed by atoms with Crippen molar-refractivity contribution in [3.8, 4) is 0 Å². The van der Waals surface area contributed by atoms with Crippen molar-refractivity contribution in [2.24, 2.45) is 5.10 Å². The van der Waals surface area contributed by atoms with Gasteiger partial charge in [0.25, 0.3) is 0 Å². The second-order valence-electron chi connectivity index (χ2n) is 8.40. The number of anilines is 1. The van der Waals surface area contributed by atoms with E-state index in [-0.39, 0.29) is 23.3 Å². The molecule has 0 amide bonds. The molecule has 1 unspecified atom stereocenters. The van der Waals surface area contributed by atoms with Gasteiger partial charge in [0.2, 0.25) is 10.0 Å². The van der Waals surface area contributed by atoms with Crippen LogP contribution in [0.4, 0.5) is 10.1 Å². The Labute approximate surface area is 212 Å². The maximum absolute atomic E-state index is 13.7. The van der Waals surface area contributed by atoms with Crippen LogP contribution in [-0.4, -0.2) is 21.2 Å². The van der Waals surface area contributed by atoms with Crippen molar-refractivity contribution in [2.75, 3.05) is 11.6 Å². The summed E-state index contributed by atoms with van der Waals surface area (Å²) in [6.07, 6.45) is 2.17. The average molecular weight is 502 g/mol. The minimum absolute atomic E-state index is 0.189. The molecule has 5 nitrogen and oxygen atoms in total. The van der Waals surface area contributed by atoms with Gasteiger partial charge in [-0.3, -0.25) is 5.01 Å². The largest absolute Gasteiger partial charge is 0.258 e. The van der Waals surface area contributed by atoms with Crippen LogP contribution in [0.15, 0.2) is 119 Å². The predicted molar refractivity (Wildman–Crippen MR) is 143 cm³/mol. The zero-order valence-corrected chi connectivity index (χ0v) is 20.8. The fourth-order valence-corrected chi connectivity index (χ4v) is 4.87. The van der Waals surface area contributed by atoms with Gasteiger partial charge in [-0.1, -0.05) is 78.4 Å². The third-order valence-electron chi connectivity index (χ3n) is 5.74. The number of hydrogen-bond donors (Lipinski definition) is 1. The molecule has 4 aromatic rings. The summed E-state index contributed by atoms with van der Waals surface area (Å²) >= 11 is 0. The third kappa shape index (κ3) is 6.65. The normalized spacial score (nSPS) is 12.5. The summed E-state index contributed by atoms with van der Waals surface area (Å²) in [5.74, 6) is -0.340. The number of nitrogens with one attached hydrogen (secondary N) is 1. The first kappa shape index (κ1) is 25.3. The second-order valence-corrected chi connectivity index (χ2v) is 10.2. The lowest BCUT2D eigenvalue weighted by atomic mass is 10.0. The van der Waals surface area contributed by atoms with Crippen LogP contribution in [0, 0.1) is 12.7 Å². The summed E-state index contributed by atoms with van der Waals surface area (Å²) in [4.78, 5) is 0.224. The van der Waals surface area contributed by atoms with Gasteiger partial charge in [0.05, 0.1) is 22.8 Å². The van der Waals surface area contributed by atoms with Crippen molar-refractivity contribution in [1.82, 2.24) is 4.72 Å². The zero-order valence-electron chi connectivity index (χ0n) is 20.0. The maximum atomic E-state index is 13.7. The summed E-state index contributed by atoms with van der Waals surface area (Å²) in [5, 5.41) is 6.57. The number of hydrogen-bond acceptors (Lipinski definition) is 4. The summed E-state index contributed by atoms with van der Waals surface area (Å²) < 4.78 is 42.1. The minimum atomic E-state index is -3.66. The quantitative estimate of drug-likeness (QED) is 0.211. The molecule has 0 bridgehead atoms. The number of nitrogens with zero attached hydrogens (tertiary/aromatic N) is 2. The molecule has 184 valence electrons. The van der Waals surface area contributed by atoms with Crippen LogP contribution in [0.3, 0.4) is 0 Å². The Bertz CT molecular complexity index is 1380. The van der Waals surface area contributed by atoms with E-state index in [1.54, 1.807) is 42.6 Å². The van der Waals surface area contributed by atoms with Crippen molar-refractivity contribution >= 4 is 21.9 Å². The monoisotopic (exact) mass is 501 g/mol. The van der Waals surface area contributed by atoms with E-state index in [0.717, 1.165) is 16.7 Å². The lowest BCUT2D eigenvalue weighted by molar-refractivity contribution is 0.555. The summed E-state index contributed by atoms with van der Waals surface area (Å²) in [7, 11) is -3.66. The van der Waals surface area contributed by atoms with Gasteiger partial charge >= 0.3 is 0 Å². The number of benzene rings is 4. The topological polar surface area (TPSA) is 61.8 Å². The molecule has 0 aliphatic rings. The molecule has 0 aliphatic heterocycles. The first-order valence-electron chi connectivity index (χ1n) is 11.7. The molecule has 7 heteroatoms. The van der Waals surface area contributed by atoms with Gasteiger partial charge in [0.1, 0.15) is 5.82 Å². The van der Waals surface area contributed by atoms with Crippen LogP contribution in [0.25, 0.3) is 0 Å². The molecular formula is C29H28FN3O2S. The molecule has 4 rings (SSSR count). The first-order chi connectivity index (χ1) is 17.4. The van der Waals surface area contributed by atoms with Crippen LogP contribution in [0.1, 0.15) is 29.2 Å². The van der Waals surface area contributed by atoms with Crippen molar-refractivity contribution < 1.29 is 12.8 Å². The number of rotatable bonds is 10. The van der Waals surface area contributed by atoms with Gasteiger partial charge in [0.15, 0.2) is 0 Å². The number of aryl methyl sites for hydroxylation is 1. The molecule has 0 fully saturated rings. The van der Waals surface area contributed by atoms with Gasteiger partial charge in [-0.2, -0.15) is 5.10 Å². The lowest BCUT2D eigenvalue weighted by Gasteiger charge is -2.30. The molecule has 0 saturated carbocycles. The molecule has 1 N–H and O–H groups in total. The molecule has 36 heavy (non-hydrogen) atoms. The van der Waals surface area contributed by atoms with Crippen molar-refractivity contribution in [1.29, 1.82) is 0 Å². The highest BCUT2D eigenvalue weighted by Crippen LogP contribution is 2.30. The average Bonchev–Trinajstić information content (AvgIpc) is 2.90. The highest BCUT2D eigenvalue weighted by Gasteiger charge is 2.22. The molecule has 0 saturated heterocycles. The predicted octanol–water partition coefficient (Wildman–Crippen LogP) is 6.08. The van der Waals surface area contributed by atoms with Crippen molar-refractivity contribution in [3.05, 3.63) is 132 Å². The Morgan fingerprint density at radius 3 is 2.11 bits per heavy atom. The first-order valence-corrected chi connectivity index (χ1v) is 13.2. The lowest BCUT2D eigenvalue weighted by Crippen LogP contribution is -2.30. The Morgan fingerprint density at radius 1 is 0.861 bits per heavy atom. The van der Waals surface area contributed by atoms with E-state index >= 15 is 0 Å². The van der Waals surface area contributed by atoms with E-state index in [2.05, 4.69) is 4.72 Å². The van der Waals surface area contributed by atoms with Crippen LogP contribution >= 0.6 is 0 Å². The Morgan fingerprint density at radius 2 is 1.47 bits per heavy atom. The van der Waals surface area contributed by atoms with E-state index in [1.165, 1.54) is 12.1 Å². The Kier molecular flexibility index (Phi) is 8.25. The van der Waals surface area contributed by atoms with Crippen LogP contribution < -0.4 is 9.73 Å². The number of halogens is 1. The van der Waals surface area contributed by atoms with Crippen LogP contribution in [0.5, 0.6) is 0 Å². The van der Waals surface area contributed by atoms with Gasteiger partial charge in [-0.05, 0) is 60.9 Å². The van der Waals surface area contributed by atoms with Gasteiger partial charge in [0, 0.05) is 6.54 Å². The third-order valence-corrected chi connectivity index (χ3v) is 7.22. The van der Waals surface area contributed by atoms with Crippen LogP contribution in [-0.2, 0) is 10.0 Å². The second kappa shape index (κ2) is 11.7. The SMILES string of the molecule is Cc1ccc(S(=O)(=O)NCCC(c2ccccc2)N(/N=C/c2ccccc2)c2ccc(F)cc2)cc1. The highest BCUT2D eigenvalue weighted by atomic mass is 32.2. The summed E-state index contributed by atoms with van der Waals surface area (Å²) in [5.41, 5.74) is 3.56. The summed E-state index contributed by atoms with van der Waals surface area (Å²) in [6.45, 7) is 2.10. The zero-order chi connectivity index (χ0) is 25.4. The van der Waals surface area contributed by atoms with E-state index in [9.17, 15) is 12.8 Å². The van der Waals surface area contributed by atoms with E-state index < -0.39 is 10.0 Å². The maximum Gasteiger partial charge on any atom is 0.240 e. The molecule has 0 radical (unpaired) electrons. The Balaban J connectivity index is 1.63. The van der Waals surface area contributed by atoms with Crippen molar-refractivity contribution in [2.45, 2.75) is 24.3 Å². The molecule has 0 spiro atoms. The standard InChI is InChI=1S/C29H28FN3O2S/c1-23-12-18-28(19-13-23)36(34,35)32-21-20-29(25-10-6-3-7-11-25)33(27-16-14-26(30)15-17-27)31-22-24-8-4-2-5-9-24/h2-19,22,29,32H,20-21H2,1H3/b31-22+. The fraction of sp³-hybridized carbons (Fsp3) is 0.138. The van der Waals surface area contributed by atoms with E-state index in [1.807, 2.05) is 72.6 Å². The van der Waals surface area contributed by atoms with E-state index in [4.69, 9.17) is 5.10 Å². The molecule has 0 aliphatic carbocycles. The van der Waals surface area contributed by atoms with Gasteiger partial charge in [-0.15, -0.1) is 0 Å². The van der Waals surface area contributed by atoms with Crippen molar-refractivity contribution in [3.63, 3.8) is 0 Å².